The number of benzene rings is 1. The van der Waals surface area contributed by atoms with Gasteiger partial charge in [0.15, 0.2) is 12.4 Å². The quantitative estimate of drug-likeness (QED) is 0.794. The van der Waals surface area contributed by atoms with Crippen LogP contribution in [-0.4, -0.2) is 11.1 Å². The normalized spacial score (nSPS) is 15.2. The van der Waals surface area contributed by atoms with Crippen molar-refractivity contribution in [1.29, 1.82) is 0 Å². The maximum absolute atomic E-state index is 11.9. The zero-order valence-electron chi connectivity index (χ0n) is 13.1. The van der Waals surface area contributed by atoms with Gasteiger partial charge in [0.2, 0.25) is 0 Å². The van der Waals surface area contributed by atoms with Crippen molar-refractivity contribution in [2.45, 2.75) is 46.1 Å². The lowest BCUT2D eigenvalue weighted by Crippen LogP contribution is -2.14. The fraction of sp³-hybridized carbons (Fsp3) is 0.444. The van der Waals surface area contributed by atoms with Crippen LogP contribution in [-0.2, 0) is 16.1 Å². The Morgan fingerprint density at radius 3 is 2.77 bits per heavy atom. The summed E-state index contributed by atoms with van der Waals surface area (Å²) in [5, 5.41) is 4.09. The topological polar surface area (TPSA) is 52.3 Å². The first-order valence-electron chi connectivity index (χ1n) is 7.83. The minimum Gasteiger partial charge on any atom is -0.457 e. The predicted molar refractivity (Wildman–Crippen MR) is 83.2 cm³/mol. The van der Waals surface area contributed by atoms with Crippen LogP contribution >= 0.6 is 0 Å². The first-order chi connectivity index (χ1) is 10.6. The summed E-state index contributed by atoms with van der Waals surface area (Å²) in [4.78, 5) is 11.9. The minimum absolute atomic E-state index is 0.0711. The highest BCUT2D eigenvalue weighted by Crippen LogP contribution is 2.27. The molecule has 0 aliphatic heterocycles. The average Bonchev–Trinajstić information content (AvgIpc) is 3.16. The summed E-state index contributed by atoms with van der Waals surface area (Å²) in [6.07, 6.45) is 4.14. The summed E-state index contributed by atoms with van der Waals surface area (Å²) >= 11 is 0. The molecule has 4 heteroatoms. The highest BCUT2D eigenvalue weighted by Gasteiger charge is 2.24. The number of nitrogens with zero attached hydrogens (tertiary/aromatic N) is 1. The fourth-order valence-corrected chi connectivity index (χ4v) is 3.03. The number of carbonyl (C=O) groups is 1. The lowest BCUT2D eigenvalue weighted by atomic mass is 10.0. The molecular weight excluding hydrogens is 278 g/mol. The van der Waals surface area contributed by atoms with E-state index in [9.17, 15) is 4.79 Å². The Kier molecular flexibility index (Phi) is 4.27. The molecule has 1 saturated carbocycles. The van der Waals surface area contributed by atoms with Crippen molar-refractivity contribution in [3.05, 3.63) is 41.2 Å². The Hall–Kier alpha value is -2.10. The van der Waals surface area contributed by atoms with Crippen molar-refractivity contribution in [3.63, 3.8) is 0 Å². The van der Waals surface area contributed by atoms with Gasteiger partial charge in [-0.15, -0.1) is 0 Å². The number of rotatable bonds is 4. The lowest BCUT2D eigenvalue weighted by molar-refractivity contribution is -0.150. The Morgan fingerprint density at radius 2 is 2.05 bits per heavy atom. The van der Waals surface area contributed by atoms with E-state index in [1.165, 1.54) is 5.56 Å². The Labute approximate surface area is 130 Å². The van der Waals surface area contributed by atoms with E-state index in [1.54, 1.807) is 0 Å². The molecule has 1 fully saturated rings. The monoisotopic (exact) mass is 299 g/mol. The number of aromatic nitrogens is 1. The third-order valence-electron chi connectivity index (χ3n) is 4.26. The van der Waals surface area contributed by atoms with E-state index in [0.717, 1.165) is 42.5 Å². The average molecular weight is 299 g/mol. The molecule has 1 aliphatic carbocycles. The smallest absolute Gasteiger partial charge is 0.309 e. The molecule has 2 aromatic rings. The van der Waals surface area contributed by atoms with Crippen molar-refractivity contribution in [3.8, 4) is 11.3 Å². The summed E-state index contributed by atoms with van der Waals surface area (Å²) in [5.74, 6) is 0.546. The minimum atomic E-state index is -0.109. The number of esters is 1. The molecular formula is C18H21NO3. The van der Waals surface area contributed by atoms with Gasteiger partial charge in [-0.25, -0.2) is 0 Å². The van der Waals surface area contributed by atoms with Gasteiger partial charge in [0.25, 0.3) is 0 Å². The zero-order chi connectivity index (χ0) is 15.5. The standard InChI is InChI=1S/C18H21NO3/c1-12-7-8-16(13(2)9-12)17-10-15(22-19-17)11-21-18(20)14-5-3-4-6-14/h7-10,14H,3-6,11H2,1-2H3. The molecule has 3 rings (SSSR count). The van der Waals surface area contributed by atoms with E-state index in [4.69, 9.17) is 9.26 Å². The van der Waals surface area contributed by atoms with Gasteiger partial charge in [0.05, 0.1) is 5.92 Å². The van der Waals surface area contributed by atoms with Crippen LogP contribution < -0.4 is 0 Å². The van der Waals surface area contributed by atoms with Crippen LogP contribution in [0.1, 0.15) is 42.6 Å². The van der Waals surface area contributed by atoms with E-state index in [1.807, 2.05) is 12.1 Å². The van der Waals surface area contributed by atoms with E-state index in [2.05, 4.69) is 31.1 Å². The van der Waals surface area contributed by atoms with Crippen LogP contribution in [0, 0.1) is 19.8 Å². The van der Waals surface area contributed by atoms with Crippen molar-refractivity contribution < 1.29 is 14.1 Å². The molecule has 116 valence electrons. The number of aryl methyl sites for hydroxylation is 2. The Bertz CT molecular complexity index is 669. The number of hydrogen-bond acceptors (Lipinski definition) is 4. The molecule has 1 aromatic carbocycles. The van der Waals surface area contributed by atoms with Crippen molar-refractivity contribution in [1.82, 2.24) is 5.16 Å². The van der Waals surface area contributed by atoms with Gasteiger partial charge in [-0.05, 0) is 32.3 Å². The molecule has 0 atom stereocenters. The molecule has 0 N–H and O–H groups in total. The molecule has 1 aliphatic rings. The molecule has 0 bridgehead atoms. The van der Waals surface area contributed by atoms with Crippen LogP contribution in [0.5, 0.6) is 0 Å². The van der Waals surface area contributed by atoms with Crippen LogP contribution in [0.15, 0.2) is 28.8 Å². The Balaban J connectivity index is 1.64. The van der Waals surface area contributed by atoms with Gasteiger partial charge in [-0.2, -0.15) is 0 Å². The second-order valence-corrected chi connectivity index (χ2v) is 6.09. The van der Waals surface area contributed by atoms with Crippen LogP contribution in [0.3, 0.4) is 0 Å². The zero-order valence-corrected chi connectivity index (χ0v) is 13.1. The lowest BCUT2D eigenvalue weighted by Gasteiger charge is -2.07. The van der Waals surface area contributed by atoms with E-state index in [0.29, 0.717) is 5.76 Å². The van der Waals surface area contributed by atoms with Crippen LogP contribution in [0.25, 0.3) is 11.3 Å². The predicted octanol–water partition coefficient (Wildman–Crippen LogP) is 4.19. The molecule has 4 nitrogen and oxygen atoms in total. The number of carbonyl (C=O) groups excluding carboxylic acids is 1. The maximum Gasteiger partial charge on any atom is 0.309 e. The van der Waals surface area contributed by atoms with Crippen LogP contribution in [0.2, 0.25) is 0 Å². The van der Waals surface area contributed by atoms with Gasteiger partial charge >= 0.3 is 5.97 Å². The molecule has 0 saturated heterocycles. The van der Waals surface area contributed by atoms with Crippen LogP contribution in [0.4, 0.5) is 0 Å². The van der Waals surface area contributed by atoms with E-state index >= 15 is 0 Å². The van der Waals surface area contributed by atoms with Crippen molar-refractivity contribution in [2.75, 3.05) is 0 Å². The molecule has 0 radical (unpaired) electrons. The van der Waals surface area contributed by atoms with E-state index in [-0.39, 0.29) is 18.5 Å². The fourth-order valence-electron chi connectivity index (χ4n) is 3.03. The third-order valence-corrected chi connectivity index (χ3v) is 4.26. The first kappa shape index (κ1) is 14.8. The molecule has 1 heterocycles. The summed E-state index contributed by atoms with van der Waals surface area (Å²) in [7, 11) is 0. The first-order valence-corrected chi connectivity index (χ1v) is 7.83. The van der Waals surface area contributed by atoms with Crippen molar-refractivity contribution in [2.24, 2.45) is 5.92 Å². The molecule has 1 aromatic heterocycles. The number of ether oxygens (including phenoxy) is 1. The van der Waals surface area contributed by atoms with E-state index < -0.39 is 0 Å². The van der Waals surface area contributed by atoms with Gasteiger partial charge in [0.1, 0.15) is 5.69 Å². The summed E-state index contributed by atoms with van der Waals surface area (Å²) in [5.41, 5.74) is 4.20. The molecule has 22 heavy (non-hydrogen) atoms. The van der Waals surface area contributed by atoms with Gasteiger partial charge in [0, 0.05) is 11.6 Å². The molecule has 0 unspecified atom stereocenters. The second-order valence-electron chi connectivity index (χ2n) is 6.09. The second kappa shape index (κ2) is 6.34. The molecule has 0 amide bonds. The maximum atomic E-state index is 11.9. The van der Waals surface area contributed by atoms with Gasteiger partial charge < -0.3 is 9.26 Å². The summed E-state index contributed by atoms with van der Waals surface area (Å²) in [6, 6.07) is 8.05. The van der Waals surface area contributed by atoms with Gasteiger partial charge in [-0.1, -0.05) is 41.8 Å². The highest BCUT2D eigenvalue weighted by atomic mass is 16.5. The largest absolute Gasteiger partial charge is 0.457 e. The SMILES string of the molecule is Cc1ccc(-c2cc(COC(=O)C3CCCC3)on2)c(C)c1. The number of hydrogen-bond donors (Lipinski definition) is 0. The summed E-state index contributed by atoms with van der Waals surface area (Å²) < 4.78 is 10.6. The summed E-state index contributed by atoms with van der Waals surface area (Å²) in [6.45, 7) is 4.28. The highest BCUT2D eigenvalue weighted by molar-refractivity contribution is 5.72. The Morgan fingerprint density at radius 1 is 1.27 bits per heavy atom. The molecule has 0 spiro atoms. The van der Waals surface area contributed by atoms with Gasteiger partial charge in [-0.3, -0.25) is 4.79 Å². The van der Waals surface area contributed by atoms with Crippen molar-refractivity contribution >= 4 is 5.97 Å². The third kappa shape index (κ3) is 3.21.